The molecule has 1 aromatic carbocycles. The van der Waals surface area contributed by atoms with Crippen LogP contribution in [0.4, 0.5) is 5.82 Å². The van der Waals surface area contributed by atoms with Gasteiger partial charge in [0, 0.05) is 31.5 Å². The molecule has 8 heteroatoms. The number of carbonyl (C=O) groups excluding carboxylic acids is 1. The molecule has 8 nitrogen and oxygen atoms in total. The zero-order chi connectivity index (χ0) is 17.2. The Labute approximate surface area is 143 Å². The summed E-state index contributed by atoms with van der Waals surface area (Å²) in [4.78, 5) is 33.2. The van der Waals surface area contributed by atoms with Crippen LogP contribution in [0.25, 0.3) is 0 Å². The van der Waals surface area contributed by atoms with E-state index in [2.05, 4.69) is 15.3 Å². The highest BCUT2D eigenvalue weighted by atomic mass is 16.7. The summed E-state index contributed by atoms with van der Waals surface area (Å²) >= 11 is 0. The van der Waals surface area contributed by atoms with Crippen LogP contribution < -0.4 is 25.2 Å². The number of carbonyl (C=O) groups is 1. The molecule has 1 amide bonds. The fourth-order valence-electron chi connectivity index (χ4n) is 3.23. The molecule has 1 fully saturated rings. The summed E-state index contributed by atoms with van der Waals surface area (Å²) in [5.41, 5.74) is 0.240. The van der Waals surface area contributed by atoms with Gasteiger partial charge >= 0.3 is 0 Å². The van der Waals surface area contributed by atoms with Gasteiger partial charge in [0.1, 0.15) is 0 Å². The standard InChI is InChI=1S/C17H18N4O4/c22-16(12-4-1-5-13-14(12)25-10-24-13)20-11-3-2-8-21(9-11)15-17(23)19-7-6-18-15/h1,4-7,11H,2-3,8-10H2,(H,19,23)(H,20,22). The molecule has 2 aliphatic heterocycles. The van der Waals surface area contributed by atoms with E-state index < -0.39 is 0 Å². The summed E-state index contributed by atoms with van der Waals surface area (Å²) in [5, 5.41) is 3.03. The third-order valence-corrected chi connectivity index (χ3v) is 4.39. The van der Waals surface area contributed by atoms with Crippen LogP contribution in [0.1, 0.15) is 23.2 Å². The third kappa shape index (κ3) is 3.02. The van der Waals surface area contributed by atoms with Gasteiger partial charge in [-0.2, -0.15) is 0 Å². The Morgan fingerprint density at radius 1 is 1.36 bits per heavy atom. The van der Waals surface area contributed by atoms with Crippen LogP contribution >= 0.6 is 0 Å². The number of nitrogens with one attached hydrogen (secondary N) is 2. The van der Waals surface area contributed by atoms with Crippen LogP contribution in [0.3, 0.4) is 0 Å². The monoisotopic (exact) mass is 342 g/mol. The van der Waals surface area contributed by atoms with Gasteiger partial charge in [-0.25, -0.2) is 4.98 Å². The highest BCUT2D eigenvalue weighted by molar-refractivity contribution is 5.98. The largest absolute Gasteiger partial charge is 0.454 e. The summed E-state index contributed by atoms with van der Waals surface area (Å²) in [6, 6.07) is 5.19. The number of anilines is 1. The van der Waals surface area contributed by atoms with Crippen molar-refractivity contribution in [3.63, 3.8) is 0 Å². The maximum atomic E-state index is 12.6. The number of rotatable bonds is 3. The Hall–Kier alpha value is -3.03. The predicted octanol–water partition coefficient (Wildman–Crippen LogP) is 0.897. The summed E-state index contributed by atoms with van der Waals surface area (Å²) in [7, 11) is 0. The Morgan fingerprint density at radius 2 is 2.28 bits per heavy atom. The SMILES string of the molecule is O=C(NC1CCCN(c2ncc[nH]c2=O)C1)c1cccc2c1OCO2. The fourth-order valence-corrected chi connectivity index (χ4v) is 3.23. The molecule has 0 radical (unpaired) electrons. The van der Waals surface area contributed by atoms with Crippen LogP contribution in [-0.4, -0.2) is 41.8 Å². The number of hydrogen-bond acceptors (Lipinski definition) is 6. The van der Waals surface area contributed by atoms with E-state index in [-0.39, 0.29) is 24.3 Å². The number of nitrogens with zero attached hydrogens (tertiary/aromatic N) is 2. The smallest absolute Gasteiger partial charge is 0.290 e. The quantitative estimate of drug-likeness (QED) is 0.860. The highest BCUT2D eigenvalue weighted by Crippen LogP contribution is 2.35. The average Bonchev–Trinajstić information content (AvgIpc) is 3.11. The number of H-pyrrole nitrogens is 1. The fraction of sp³-hybridized carbons (Fsp3) is 0.353. The third-order valence-electron chi connectivity index (χ3n) is 4.39. The molecule has 2 N–H and O–H groups in total. The van der Waals surface area contributed by atoms with Gasteiger partial charge in [0.05, 0.1) is 5.56 Å². The number of amides is 1. The molecule has 0 bridgehead atoms. The first-order chi connectivity index (χ1) is 12.2. The van der Waals surface area contributed by atoms with Crippen molar-refractivity contribution in [2.75, 3.05) is 24.8 Å². The zero-order valence-electron chi connectivity index (χ0n) is 13.5. The molecule has 1 unspecified atom stereocenters. The van der Waals surface area contributed by atoms with Gasteiger partial charge in [0.25, 0.3) is 11.5 Å². The minimum Gasteiger partial charge on any atom is -0.454 e. The lowest BCUT2D eigenvalue weighted by Crippen LogP contribution is -2.49. The number of piperidine rings is 1. The molecule has 2 aliphatic rings. The van der Waals surface area contributed by atoms with Crippen LogP contribution in [0, 0.1) is 0 Å². The number of para-hydroxylation sites is 1. The maximum absolute atomic E-state index is 12.6. The summed E-state index contributed by atoms with van der Waals surface area (Å²) in [6.07, 6.45) is 4.78. The second-order valence-corrected chi connectivity index (χ2v) is 6.04. The number of aromatic nitrogens is 2. The molecule has 0 saturated carbocycles. The van der Waals surface area contributed by atoms with Gasteiger partial charge < -0.3 is 24.7 Å². The second-order valence-electron chi connectivity index (χ2n) is 6.04. The van der Waals surface area contributed by atoms with E-state index in [1.807, 2.05) is 4.90 Å². The van der Waals surface area contributed by atoms with E-state index in [9.17, 15) is 9.59 Å². The number of aromatic amines is 1. The van der Waals surface area contributed by atoms with Gasteiger partial charge in [0.2, 0.25) is 6.79 Å². The first-order valence-corrected chi connectivity index (χ1v) is 8.20. The maximum Gasteiger partial charge on any atom is 0.290 e. The van der Waals surface area contributed by atoms with Crippen LogP contribution in [0.15, 0.2) is 35.4 Å². The van der Waals surface area contributed by atoms with Crippen molar-refractivity contribution in [2.45, 2.75) is 18.9 Å². The van der Waals surface area contributed by atoms with Crippen molar-refractivity contribution < 1.29 is 14.3 Å². The van der Waals surface area contributed by atoms with E-state index in [1.54, 1.807) is 24.4 Å². The van der Waals surface area contributed by atoms with Crippen molar-refractivity contribution in [3.05, 3.63) is 46.5 Å². The predicted molar refractivity (Wildman–Crippen MR) is 90.1 cm³/mol. The van der Waals surface area contributed by atoms with Gasteiger partial charge in [-0.15, -0.1) is 0 Å². The highest BCUT2D eigenvalue weighted by Gasteiger charge is 2.27. The molecule has 1 atom stereocenters. The Morgan fingerprint density at radius 3 is 3.16 bits per heavy atom. The molecule has 0 aliphatic carbocycles. The molecule has 0 spiro atoms. The molecule has 1 aromatic heterocycles. The number of fused-ring (bicyclic) bond motifs is 1. The van der Waals surface area contributed by atoms with Crippen molar-refractivity contribution in [1.82, 2.24) is 15.3 Å². The molecule has 130 valence electrons. The minimum atomic E-state index is -0.221. The van der Waals surface area contributed by atoms with Crippen LogP contribution in [0.2, 0.25) is 0 Å². The van der Waals surface area contributed by atoms with E-state index in [4.69, 9.17) is 9.47 Å². The number of benzene rings is 1. The van der Waals surface area contributed by atoms with E-state index in [0.717, 1.165) is 19.4 Å². The lowest BCUT2D eigenvalue weighted by Gasteiger charge is -2.33. The first kappa shape index (κ1) is 15.5. The van der Waals surface area contributed by atoms with Gasteiger partial charge in [-0.3, -0.25) is 9.59 Å². The first-order valence-electron chi connectivity index (χ1n) is 8.20. The normalized spacial score (nSPS) is 18.9. The van der Waals surface area contributed by atoms with E-state index in [0.29, 0.717) is 29.4 Å². The van der Waals surface area contributed by atoms with Crippen LogP contribution in [-0.2, 0) is 0 Å². The molecule has 3 heterocycles. The zero-order valence-corrected chi connectivity index (χ0v) is 13.5. The molecular weight excluding hydrogens is 324 g/mol. The van der Waals surface area contributed by atoms with Gasteiger partial charge in [-0.05, 0) is 25.0 Å². The van der Waals surface area contributed by atoms with Gasteiger partial charge in [-0.1, -0.05) is 6.07 Å². The number of ether oxygens (including phenoxy) is 2. The molecule has 25 heavy (non-hydrogen) atoms. The molecule has 1 saturated heterocycles. The van der Waals surface area contributed by atoms with Crippen LogP contribution in [0.5, 0.6) is 11.5 Å². The Kier molecular flexibility index (Phi) is 4.01. The summed E-state index contributed by atoms with van der Waals surface area (Å²) < 4.78 is 10.7. The topological polar surface area (TPSA) is 96.6 Å². The Bertz CT molecular complexity index is 851. The summed E-state index contributed by atoms with van der Waals surface area (Å²) in [6.45, 7) is 1.40. The second kappa shape index (κ2) is 6.46. The number of hydrogen-bond donors (Lipinski definition) is 2. The van der Waals surface area contributed by atoms with E-state index >= 15 is 0 Å². The molecular formula is C17H18N4O4. The van der Waals surface area contributed by atoms with Gasteiger partial charge in [0.15, 0.2) is 17.3 Å². The van der Waals surface area contributed by atoms with Crippen molar-refractivity contribution in [1.29, 1.82) is 0 Å². The van der Waals surface area contributed by atoms with Crippen molar-refractivity contribution in [3.8, 4) is 11.5 Å². The molecule has 4 rings (SSSR count). The van der Waals surface area contributed by atoms with E-state index in [1.165, 1.54) is 6.20 Å². The van der Waals surface area contributed by atoms with Crippen molar-refractivity contribution in [2.24, 2.45) is 0 Å². The summed E-state index contributed by atoms with van der Waals surface area (Å²) in [5.74, 6) is 1.25. The lowest BCUT2D eigenvalue weighted by molar-refractivity contribution is 0.0928. The van der Waals surface area contributed by atoms with Crippen molar-refractivity contribution >= 4 is 11.7 Å². The Balaban J connectivity index is 1.48. The lowest BCUT2D eigenvalue weighted by atomic mass is 10.0. The minimum absolute atomic E-state index is 0.0687. The average molecular weight is 342 g/mol. The molecule has 2 aromatic rings.